The Hall–Kier alpha value is -2.31. The summed E-state index contributed by atoms with van der Waals surface area (Å²) in [6, 6.07) is 1.57. The molecule has 1 nitrogen and oxygen atoms in total. The van der Waals surface area contributed by atoms with Gasteiger partial charge in [-0.3, -0.25) is 4.79 Å². The van der Waals surface area contributed by atoms with Gasteiger partial charge in [0.05, 0.1) is 0 Å². The Kier molecular flexibility index (Phi) is 4.54. The zero-order valence-corrected chi connectivity index (χ0v) is 10.9. The van der Waals surface area contributed by atoms with Crippen LogP contribution in [0.4, 0.5) is 26.3 Å². The van der Waals surface area contributed by atoms with E-state index >= 15 is 0 Å². The van der Waals surface area contributed by atoms with Crippen LogP contribution in [-0.2, 0) is 17.6 Å². The van der Waals surface area contributed by atoms with Crippen molar-refractivity contribution in [3.05, 3.63) is 70.3 Å². The summed E-state index contributed by atoms with van der Waals surface area (Å²) < 4.78 is 79.0. The molecule has 0 fully saturated rings. The third-order valence-electron chi connectivity index (χ3n) is 2.96. The normalized spacial score (nSPS) is 10.8. The SMILES string of the molecule is O=C(Cc1c(F)cc(F)cc1F)Cc1c(F)cc(F)cc1F. The average Bonchev–Trinajstić information content (AvgIpc) is 2.38. The van der Waals surface area contributed by atoms with Crippen molar-refractivity contribution in [1.29, 1.82) is 0 Å². The smallest absolute Gasteiger partial charge is 0.142 e. The highest BCUT2D eigenvalue weighted by molar-refractivity contribution is 5.83. The van der Waals surface area contributed by atoms with Gasteiger partial charge in [-0.25, -0.2) is 26.3 Å². The molecular weight excluding hydrogens is 310 g/mol. The predicted octanol–water partition coefficient (Wildman–Crippen LogP) is 3.88. The molecule has 0 atom stereocenters. The van der Waals surface area contributed by atoms with Crippen LogP contribution in [-0.4, -0.2) is 5.78 Å². The lowest BCUT2D eigenvalue weighted by Gasteiger charge is -2.07. The van der Waals surface area contributed by atoms with Crippen LogP contribution in [0.3, 0.4) is 0 Å². The minimum absolute atomic E-state index is 0.394. The lowest BCUT2D eigenvalue weighted by molar-refractivity contribution is -0.118. The van der Waals surface area contributed by atoms with Crippen LogP contribution in [0.25, 0.3) is 0 Å². The molecule has 0 unspecified atom stereocenters. The number of carbonyl (C=O) groups is 1. The molecule has 0 saturated heterocycles. The van der Waals surface area contributed by atoms with Gasteiger partial charge in [0, 0.05) is 48.2 Å². The Morgan fingerprint density at radius 1 is 0.636 bits per heavy atom. The summed E-state index contributed by atoms with van der Waals surface area (Å²) in [4.78, 5) is 11.7. The Bertz CT molecular complexity index is 633. The quantitative estimate of drug-likeness (QED) is 0.782. The molecule has 0 aliphatic carbocycles. The minimum Gasteiger partial charge on any atom is -0.299 e. The van der Waals surface area contributed by atoms with Crippen molar-refractivity contribution in [3.63, 3.8) is 0 Å². The monoisotopic (exact) mass is 318 g/mol. The molecule has 0 spiro atoms. The zero-order valence-electron chi connectivity index (χ0n) is 10.9. The van der Waals surface area contributed by atoms with Gasteiger partial charge in [-0.1, -0.05) is 0 Å². The molecule has 2 aromatic carbocycles. The summed E-state index contributed by atoms with van der Waals surface area (Å²) in [7, 11) is 0. The van der Waals surface area contributed by atoms with E-state index in [1.165, 1.54) is 0 Å². The van der Waals surface area contributed by atoms with Gasteiger partial charge in [-0.2, -0.15) is 0 Å². The summed E-state index contributed by atoms with van der Waals surface area (Å²) in [5, 5.41) is 0. The second-order valence-electron chi connectivity index (χ2n) is 4.59. The van der Waals surface area contributed by atoms with Gasteiger partial charge >= 0.3 is 0 Å². The van der Waals surface area contributed by atoms with Crippen molar-refractivity contribution < 1.29 is 31.1 Å². The van der Waals surface area contributed by atoms with E-state index in [0.717, 1.165) is 0 Å². The molecule has 0 saturated carbocycles. The Morgan fingerprint density at radius 2 is 0.909 bits per heavy atom. The highest BCUT2D eigenvalue weighted by Gasteiger charge is 2.19. The first kappa shape index (κ1) is 16.1. The second kappa shape index (κ2) is 6.21. The third-order valence-corrected chi connectivity index (χ3v) is 2.96. The highest BCUT2D eigenvalue weighted by atomic mass is 19.2. The molecule has 7 heteroatoms. The molecule has 0 heterocycles. The number of ketones is 1. The van der Waals surface area contributed by atoms with Crippen LogP contribution in [0, 0.1) is 34.9 Å². The van der Waals surface area contributed by atoms with Crippen molar-refractivity contribution in [2.24, 2.45) is 0 Å². The predicted molar refractivity (Wildman–Crippen MR) is 65.0 cm³/mol. The van der Waals surface area contributed by atoms with Gasteiger partial charge in [0.25, 0.3) is 0 Å². The molecule has 2 rings (SSSR count). The Balaban J connectivity index is 2.22. The molecule has 0 aliphatic rings. The van der Waals surface area contributed by atoms with Crippen molar-refractivity contribution in [2.45, 2.75) is 12.8 Å². The van der Waals surface area contributed by atoms with Crippen LogP contribution in [0.5, 0.6) is 0 Å². The largest absolute Gasteiger partial charge is 0.299 e. The van der Waals surface area contributed by atoms with Gasteiger partial charge in [0.1, 0.15) is 40.7 Å². The molecule has 0 radical (unpaired) electrons. The highest BCUT2D eigenvalue weighted by Crippen LogP contribution is 2.19. The first-order chi connectivity index (χ1) is 10.3. The molecule has 116 valence electrons. The van der Waals surface area contributed by atoms with E-state index in [1.54, 1.807) is 0 Å². The van der Waals surface area contributed by atoms with Crippen molar-refractivity contribution >= 4 is 5.78 Å². The summed E-state index contributed by atoms with van der Waals surface area (Å²) in [5.74, 6) is -8.30. The molecule has 2 aromatic rings. The number of benzene rings is 2. The van der Waals surface area contributed by atoms with E-state index in [1.807, 2.05) is 0 Å². The molecule has 0 N–H and O–H groups in total. The van der Waals surface area contributed by atoms with E-state index < -0.39 is 64.7 Å². The van der Waals surface area contributed by atoms with Gasteiger partial charge in [-0.15, -0.1) is 0 Å². The molecular formula is C15H8F6O. The summed E-state index contributed by atoms with van der Waals surface area (Å²) in [6.45, 7) is 0. The average molecular weight is 318 g/mol. The van der Waals surface area contributed by atoms with Crippen LogP contribution in [0.15, 0.2) is 24.3 Å². The van der Waals surface area contributed by atoms with Crippen molar-refractivity contribution in [2.75, 3.05) is 0 Å². The standard InChI is InChI=1S/C15H8F6O/c16-7-1-12(18)10(13(19)2-7)5-9(22)6-11-14(20)3-8(17)4-15(11)21/h1-4H,5-6H2. The van der Waals surface area contributed by atoms with Gasteiger partial charge in [0.2, 0.25) is 0 Å². The van der Waals surface area contributed by atoms with Crippen molar-refractivity contribution in [1.82, 2.24) is 0 Å². The topological polar surface area (TPSA) is 17.1 Å². The third kappa shape index (κ3) is 3.47. The van der Waals surface area contributed by atoms with Crippen LogP contribution >= 0.6 is 0 Å². The zero-order chi connectivity index (χ0) is 16.4. The molecule has 0 amide bonds. The molecule has 0 aromatic heterocycles. The number of rotatable bonds is 4. The summed E-state index contributed by atoms with van der Waals surface area (Å²) in [5.41, 5.74) is -1.40. The minimum atomic E-state index is -1.27. The summed E-state index contributed by atoms with van der Waals surface area (Å²) in [6.07, 6.45) is -1.62. The van der Waals surface area contributed by atoms with E-state index in [0.29, 0.717) is 24.3 Å². The fourth-order valence-electron chi connectivity index (χ4n) is 1.94. The fraction of sp³-hybridized carbons (Fsp3) is 0.133. The second-order valence-corrected chi connectivity index (χ2v) is 4.59. The van der Waals surface area contributed by atoms with E-state index in [9.17, 15) is 31.1 Å². The van der Waals surface area contributed by atoms with Gasteiger partial charge in [0.15, 0.2) is 0 Å². The van der Waals surface area contributed by atoms with Gasteiger partial charge in [-0.05, 0) is 0 Å². The maximum Gasteiger partial charge on any atom is 0.142 e. The van der Waals surface area contributed by atoms with Crippen LogP contribution in [0.1, 0.15) is 11.1 Å². The maximum absolute atomic E-state index is 13.4. The van der Waals surface area contributed by atoms with E-state index in [4.69, 9.17) is 0 Å². The molecule has 22 heavy (non-hydrogen) atoms. The Labute approximate surface area is 121 Å². The molecule has 0 bridgehead atoms. The van der Waals surface area contributed by atoms with Crippen LogP contribution < -0.4 is 0 Å². The molecule has 0 aliphatic heterocycles. The van der Waals surface area contributed by atoms with E-state index in [-0.39, 0.29) is 0 Å². The number of hydrogen-bond donors (Lipinski definition) is 0. The van der Waals surface area contributed by atoms with Crippen molar-refractivity contribution in [3.8, 4) is 0 Å². The van der Waals surface area contributed by atoms with Gasteiger partial charge < -0.3 is 0 Å². The first-order valence-corrected chi connectivity index (χ1v) is 6.06. The maximum atomic E-state index is 13.4. The first-order valence-electron chi connectivity index (χ1n) is 6.06. The number of carbonyl (C=O) groups excluding carboxylic acids is 1. The van der Waals surface area contributed by atoms with Crippen LogP contribution in [0.2, 0.25) is 0 Å². The number of Topliss-reactive ketones (excluding diaryl/α,β-unsaturated/α-hetero) is 1. The fourth-order valence-corrected chi connectivity index (χ4v) is 1.94. The van der Waals surface area contributed by atoms with E-state index in [2.05, 4.69) is 0 Å². The lowest BCUT2D eigenvalue weighted by Crippen LogP contribution is -2.12. The Morgan fingerprint density at radius 3 is 1.18 bits per heavy atom. The number of halogens is 6. The lowest BCUT2D eigenvalue weighted by atomic mass is 10.0. The summed E-state index contributed by atoms with van der Waals surface area (Å²) >= 11 is 0. The number of hydrogen-bond acceptors (Lipinski definition) is 1.